The first kappa shape index (κ1) is 19.4. The zero-order valence-electron chi connectivity index (χ0n) is 17.8. The average Bonchev–Trinajstić information content (AvgIpc) is 3.49. The first-order chi connectivity index (χ1) is 16.3. The number of ether oxygens (including phenoxy) is 1. The standard InChI is InChI=1S/C24H22N8O/c1-2-4-20-19(3-1)18(14-26-20)15-27-29-23-13-22(31-9-11-33-12-10-31)24-28-21(16-32(24)30-23)17-5-7-25-8-6-17/h1-8,13-16,26H,9-12H2,(H,29,30)/b27-15+. The van der Waals surface area contributed by atoms with Crippen LogP contribution >= 0.6 is 0 Å². The summed E-state index contributed by atoms with van der Waals surface area (Å²) >= 11 is 0. The Balaban J connectivity index is 1.36. The second kappa shape index (κ2) is 8.36. The molecule has 0 atom stereocenters. The largest absolute Gasteiger partial charge is 0.378 e. The first-order valence-electron chi connectivity index (χ1n) is 10.8. The molecule has 2 N–H and O–H groups in total. The lowest BCUT2D eigenvalue weighted by Gasteiger charge is -2.29. The highest BCUT2D eigenvalue weighted by molar-refractivity contribution is 5.99. The molecular weight excluding hydrogens is 416 g/mol. The molecule has 6 rings (SSSR count). The Hall–Kier alpha value is -4.24. The SMILES string of the molecule is C(=N\Nc1cc(N2CCOCC2)c2nc(-c3ccncc3)cn2n1)/c1c[nH]c2ccccc12. The fourth-order valence-electron chi connectivity index (χ4n) is 4.08. The quantitative estimate of drug-likeness (QED) is 0.322. The van der Waals surface area contributed by atoms with Crippen LogP contribution in [0.5, 0.6) is 0 Å². The van der Waals surface area contributed by atoms with Gasteiger partial charge in [0.2, 0.25) is 0 Å². The number of H-pyrrole nitrogens is 1. The molecule has 1 aliphatic rings. The van der Waals surface area contributed by atoms with Crippen molar-refractivity contribution in [3.8, 4) is 11.3 Å². The van der Waals surface area contributed by atoms with E-state index in [0.29, 0.717) is 19.0 Å². The number of imidazole rings is 1. The third-order valence-corrected chi connectivity index (χ3v) is 5.74. The van der Waals surface area contributed by atoms with E-state index in [2.05, 4.69) is 31.5 Å². The molecule has 1 aliphatic heterocycles. The topological polar surface area (TPSA) is 95.7 Å². The van der Waals surface area contributed by atoms with Gasteiger partial charge in [-0.3, -0.25) is 10.4 Å². The Morgan fingerprint density at radius 3 is 2.82 bits per heavy atom. The number of hydrogen-bond acceptors (Lipinski definition) is 7. The second-order valence-electron chi connectivity index (χ2n) is 7.80. The van der Waals surface area contributed by atoms with Crippen LogP contribution in [0, 0.1) is 0 Å². The normalized spacial score (nSPS) is 14.5. The van der Waals surface area contributed by atoms with Gasteiger partial charge in [-0.05, 0) is 18.2 Å². The molecule has 5 heterocycles. The van der Waals surface area contributed by atoms with Crippen LogP contribution in [0.25, 0.3) is 27.8 Å². The number of aromatic nitrogens is 5. The number of nitrogens with zero attached hydrogens (tertiary/aromatic N) is 6. The fraction of sp³-hybridized carbons (Fsp3) is 0.167. The summed E-state index contributed by atoms with van der Waals surface area (Å²) in [6.07, 6.45) is 9.21. The van der Waals surface area contributed by atoms with Gasteiger partial charge in [0.15, 0.2) is 11.5 Å². The van der Waals surface area contributed by atoms with Crippen LogP contribution in [0.1, 0.15) is 5.56 Å². The Morgan fingerprint density at radius 2 is 1.94 bits per heavy atom. The van der Waals surface area contributed by atoms with E-state index in [-0.39, 0.29) is 0 Å². The molecule has 0 aliphatic carbocycles. The van der Waals surface area contributed by atoms with E-state index < -0.39 is 0 Å². The van der Waals surface area contributed by atoms with Gasteiger partial charge in [0.1, 0.15) is 0 Å². The van der Waals surface area contributed by atoms with Crippen molar-refractivity contribution in [1.82, 2.24) is 24.6 Å². The van der Waals surface area contributed by atoms with Crippen LogP contribution in [-0.4, -0.2) is 57.1 Å². The van der Waals surface area contributed by atoms with Crippen molar-refractivity contribution in [2.24, 2.45) is 5.10 Å². The van der Waals surface area contributed by atoms with Crippen molar-refractivity contribution < 1.29 is 4.74 Å². The number of morpholine rings is 1. The van der Waals surface area contributed by atoms with Gasteiger partial charge in [0, 0.05) is 59.8 Å². The summed E-state index contributed by atoms with van der Waals surface area (Å²) in [5, 5.41) is 10.3. The maximum Gasteiger partial charge on any atom is 0.177 e. The summed E-state index contributed by atoms with van der Waals surface area (Å²) in [4.78, 5) is 14.5. The maximum atomic E-state index is 5.55. The third kappa shape index (κ3) is 3.79. The van der Waals surface area contributed by atoms with E-state index in [4.69, 9.17) is 14.8 Å². The predicted molar refractivity (Wildman–Crippen MR) is 129 cm³/mol. The molecule has 9 heteroatoms. The zero-order valence-corrected chi connectivity index (χ0v) is 17.8. The summed E-state index contributed by atoms with van der Waals surface area (Å²) in [5.41, 5.74) is 8.83. The number of fused-ring (bicyclic) bond motifs is 2. The number of anilines is 2. The molecule has 4 aromatic heterocycles. The summed E-state index contributed by atoms with van der Waals surface area (Å²) in [6.45, 7) is 2.98. The number of rotatable bonds is 5. The lowest BCUT2D eigenvalue weighted by atomic mass is 10.2. The van der Waals surface area contributed by atoms with E-state index in [1.54, 1.807) is 18.6 Å². The Kier molecular flexibility index (Phi) is 4.93. The molecule has 1 saturated heterocycles. The summed E-state index contributed by atoms with van der Waals surface area (Å²) in [6, 6.07) is 14.0. The summed E-state index contributed by atoms with van der Waals surface area (Å²) in [7, 11) is 0. The van der Waals surface area contributed by atoms with Crippen molar-refractivity contribution >= 4 is 34.3 Å². The molecule has 0 unspecified atom stereocenters. The van der Waals surface area contributed by atoms with E-state index in [1.807, 2.05) is 53.3 Å². The number of pyridine rings is 1. The van der Waals surface area contributed by atoms with Crippen molar-refractivity contribution in [2.75, 3.05) is 36.6 Å². The van der Waals surface area contributed by atoms with Crippen LogP contribution in [0.3, 0.4) is 0 Å². The number of hydrogen-bond donors (Lipinski definition) is 2. The molecule has 9 nitrogen and oxygen atoms in total. The molecule has 0 amide bonds. The maximum absolute atomic E-state index is 5.55. The smallest absolute Gasteiger partial charge is 0.177 e. The van der Waals surface area contributed by atoms with Crippen LogP contribution in [0.2, 0.25) is 0 Å². The van der Waals surface area contributed by atoms with Crippen molar-refractivity contribution in [1.29, 1.82) is 0 Å². The number of para-hydroxylation sites is 1. The molecule has 0 bridgehead atoms. The van der Waals surface area contributed by atoms with E-state index in [0.717, 1.165) is 52.1 Å². The monoisotopic (exact) mass is 438 g/mol. The van der Waals surface area contributed by atoms with Crippen LogP contribution in [0.4, 0.5) is 11.5 Å². The van der Waals surface area contributed by atoms with Crippen LogP contribution < -0.4 is 10.3 Å². The van der Waals surface area contributed by atoms with Gasteiger partial charge in [-0.2, -0.15) is 5.10 Å². The highest BCUT2D eigenvalue weighted by Crippen LogP contribution is 2.27. The third-order valence-electron chi connectivity index (χ3n) is 5.74. The minimum absolute atomic E-state index is 0.638. The first-order valence-corrected chi connectivity index (χ1v) is 10.8. The van der Waals surface area contributed by atoms with E-state index in [9.17, 15) is 0 Å². The average molecular weight is 438 g/mol. The highest BCUT2D eigenvalue weighted by atomic mass is 16.5. The molecule has 164 valence electrons. The Morgan fingerprint density at radius 1 is 1.09 bits per heavy atom. The molecule has 5 aromatic rings. The summed E-state index contributed by atoms with van der Waals surface area (Å²) < 4.78 is 7.36. The number of benzene rings is 1. The van der Waals surface area contributed by atoms with Gasteiger partial charge >= 0.3 is 0 Å². The Bertz CT molecular complexity index is 1430. The van der Waals surface area contributed by atoms with E-state index >= 15 is 0 Å². The van der Waals surface area contributed by atoms with Gasteiger partial charge in [-0.1, -0.05) is 18.2 Å². The van der Waals surface area contributed by atoms with E-state index in [1.165, 1.54) is 0 Å². The molecule has 33 heavy (non-hydrogen) atoms. The molecular formula is C24H22N8O. The van der Waals surface area contributed by atoms with Gasteiger partial charge < -0.3 is 14.6 Å². The number of hydrazone groups is 1. The fourth-order valence-corrected chi connectivity index (χ4v) is 4.08. The number of nitrogens with one attached hydrogen (secondary N) is 2. The summed E-state index contributed by atoms with van der Waals surface area (Å²) in [5.74, 6) is 0.638. The van der Waals surface area contributed by atoms with Crippen LogP contribution in [0.15, 0.2) is 72.4 Å². The molecule has 1 fully saturated rings. The van der Waals surface area contributed by atoms with Gasteiger partial charge in [-0.15, -0.1) is 5.10 Å². The molecule has 0 radical (unpaired) electrons. The highest BCUT2D eigenvalue weighted by Gasteiger charge is 2.18. The second-order valence-corrected chi connectivity index (χ2v) is 7.80. The van der Waals surface area contributed by atoms with Crippen molar-refractivity contribution in [3.63, 3.8) is 0 Å². The van der Waals surface area contributed by atoms with Crippen molar-refractivity contribution in [3.05, 3.63) is 72.8 Å². The lowest BCUT2D eigenvalue weighted by molar-refractivity contribution is 0.123. The minimum atomic E-state index is 0.638. The van der Waals surface area contributed by atoms with Gasteiger partial charge in [0.05, 0.1) is 37.0 Å². The van der Waals surface area contributed by atoms with Gasteiger partial charge in [-0.25, -0.2) is 9.50 Å². The van der Waals surface area contributed by atoms with Crippen LogP contribution in [-0.2, 0) is 4.74 Å². The minimum Gasteiger partial charge on any atom is -0.378 e. The van der Waals surface area contributed by atoms with Gasteiger partial charge in [0.25, 0.3) is 0 Å². The molecule has 1 aromatic carbocycles. The number of aromatic amines is 1. The lowest BCUT2D eigenvalue weighted by Crippen LogP contribution is -2.36. The molecule has 0 spiro atoms. The predicted octanol–water partition coefficient (Wildman–Crippen LogP) is 3.56. The zero-order chi connectivity index (χ0) is 22.0. The Labute approximate surface area is 189 Å². The van der Waals surface area contributed by atoms with Crippen molar-refractivity contribution in [2.45, 2.75) is 0 Å². The molecule has 0 saturated carbocycles.